The highest BCUT2D eigenvalue weighted by atomic mass is 32.2. The Morgan fingerprint density at radius 2 is 1.94 bits per heavy atom. The van der Waals surface area contributed by atoms with Gasteiger partial charge in [-0.3, -0.25) is 0 Å². The van der Waals surface area contributed by atoms with Gasteiger partial charge >= 0.3 is 0 Å². The summed E-state index contributed by atoms with van der Waals surface area (Å²) in [5.74, 6) is 0. The van der Waals surface area contributed by atoms with E-state index in [-0.39, 0.29) is 5.25 Å². The Bertz CT molecular complexity index is 335. The van der Waals surface area contributed by atoms with E-state index >= 15 is 0 Å². The van der Waals surface area contributed by atoms with Crippen LogP contribution in [0.3, 0.4) is 0 Å². The van der Waals surface area contributed by atoms with Crippen LogP contribution < -0.4 is 5.73 Å². The van der Waals surface area contributed by atoms with Crippen molar-refractivity contribution in [2.24, 2.45) is 5.73 Å². The van der Waals surface area contributed by atoms with E-state index in [9.17, 15) is 8.42 Å². The summed E-state index contributed by atoms with van der Waals surface area (Å²) in [6, 6.07) is 0. The maximum Gasteiger partial charge on any atom is 0.216 e. The van der Waals surface area contributed by atoms with E-state index in [1.54, 1.807) is 7.05 Å². The average molecular weight is 264 g/mol. The molecule has 0 aliphatic heterocycles. The van der Waals surface area contributed by atoms with Crippen molar-refractivity contribution in [3.05, 3.63) is 0 Å². The summed E-state index contributed by atoms with van der Waals surface area (Å²) in [6.07, 6.45) is 5.24. The Morgan fingerprint density at radius 3 is 2.44 bits per heavy atom. The molecule has 0 amide bonds. The third kappa shape index (κ3) is 3.68. The number of thiocarbonyl (C=S) groups is 1. The fourth-order valence-electron chi connectivity index (χ4n) is 2.01. The second kappa shape index (κ2) is 5.93. The number of nitrogens with zero attached hydrogens (tertiary/aromatic N) is 1. The number of nitrogens with two attached hydrogens (primary N) is 1. The molecule has 0 aromatic carbocycles. The zero-order valence-corrected chi connectivity index (χ0v) is 11.3. The predicted molar refractivity (Wildman–Crippen MR) is 69.8 cm³/mol. The van der Waals surface area contributed by atoms with E-state index < -0.39 is 10.0 Å². The molecule has 1 aliphatic rings. The van der Waals surface area contributed by atoms with Gasteiger partial charge in [-0.05, 0) is 12.8 Å². The van der Waals surface area contributed by atoms with Crippen LogP contribution in [0.2, 0.25) is 0 Å². The Hall–Kier alpha value is -0.200. The van der Waals surface area contributed by atoms with Crippen LogP contribution >= 0.6 is 12.2 Å². The summed E-state index contributed by atoms with van der Waals surface area (Å²) in [5, 5.41) is -0.197. The van der Waals surface area contributed by atoms with E-state index in [1.165, 1.54) is 4.31 Å². The first-order valence-corrected chi connectivity index (χ1v) is 7.59. The molecule has 2 N–H and O–H groups in total. The number of rotatable bonds is 5. The normalized spacial score (nSPS) is 18.9. The molecule has 0 atom stereocenters. The van der Waals surface area contributed by atoms with Crippen LogP contribution in [0.25, 0.3) is 0 Å². The van der Waals surface area contributed by atoms with Crippen molar-refractivity contribution >= 4 is 27.2 Å². The highest BCUT2D eigenvalue weighted by Crippen LogP contribution is 2.25. The minimum Gasteiger partial charge on any atom is -0.393 e. The Kier molecular flexibility index (Phi) is 5.14. The summed E-state index contributed by atoms with van der Waals surface area (Å²) >= 11 is 4.75. The minimum atomic E-state index is -3.14. The Morgan fingerprint density at radius 1 is 1.38 bits per heavy atom. The van der Waals surface area contributed by atoms with Gasteiger partial charge in [0, 0.05) is 20.0 Å². The van der Waals surface area contributed by atoms with Gasteiger partial charge in [0.15, 0.2) is 0 Å². The fourth-order valence-corrected chi connectivity index (χ4v) is 3.89. The SMILES string of the molecule is CN(CCC(N)=S)S(=O)(=O)C1CCCCC1. The molecule has 0 heterocycles. The summed E-state index contributed by atoms with van der Waals surface area (Å²) < 4.78 is 25.7. The lowest BCUT2D eigenvalue weighted by Gasteiger charge is -2.27. The first kappa shape index (κ1) is 13.9. The lowest BCUT2D eigenvalue weighted by molar-refractivity contribution is 0.430. The van der Waals surface area contributed by atoms with Gasteiger partial charge in [0.1, 0.15) is 0 Å². The summed E-state index contributed by atoms with van der Waals surface area (Å²) in [6.45, 7) is 0.397. The van der Waals surface area contributed by atoms with Crippen molar-refractivity contribution in [2.75, 3.05) is 13.6 Å². The lowest BCUT2D eigenvalue weighted by Crippen LogP contribution is -2.38. The summed E-state index contributed by atoms with van der Waals surface area (Å²) in [5.41, 5.74) is 5.37. The summed E-state index contributed by atoms with van der Waals surface area (Å²) in [4.78, 5) is 0.366. The first-order chi connectivity index (χ1) is 7.44. The molecule has 94 valence electrons. The van der Waals surface area contributed by atoms with Crippen LogP contribution in [0.5, 0.6) is 0 Å². The van der Waals surface area contributed by atoms with Gasteiger partial charge in [-0.15, -0.1) is 0 Å². The fraction of sp³-hybridized carbons (Fsp3) is 0.900. The van der Waals surface area contributed by atoms with Crippen LogP contribution in [0.4, 0.5) is 0 Å². The molecule has 0 unspecified atom stereocenters. The molecule has 0 aromatic heterocycles. The minimum absolute atomic E-state index is 0.197. The number of hydrogen-bond acceptors (Lipinski definition) is 3. The molecule has 16 heavy (non-hydrogen) atoms. The second-order valence-electron chi connectivity index (χ2n) is 4.34. The van der Waals surface area contributed by atoms with Crippen LogP contribution in [0.15, 0.2) is 0 Å². The second-order valence-corrected chi connectivity index (χ2v) is 7.19. The number of hydrogen-bond donors (Lipinski definition) is 1. The van der Waals surface area contributed by atoms with E-state index in [0.717, 1.165) is 32.1 Å². The predicted octanol–water partition coefficient (Wildman–Crippen LogP) is 1.26. The monoisotopic (exact) mass is 264 g/mol. The van der Waals surface area contributed by atoms with Gasteiger partial charge in [0.05, 0.1) is 10.2 Å². The largest absolute Gasteiger partial charge is 0.393 e. The molecule has 0 aromatic rings. The smallest absolute Gasteiger partial charge is 0.216 e. The quantitative estimate of drug-likeness (QED) is 0.759. The van der Waals surface area contributed by atoms with Crippen LogP contribution in [-0.4, -0.2) is 36.6 Å². The molecule has 1 saturated carbocycles. The molecule has 0 radical (unpaired) electrons. The zero-order chi connectivity index (χ0) is 12.2. The molecule has 6 heteroatoms. The van der Waals surface area contributed by atoms with Crippen molar-refractivity contribution in [2.45, 2.75) is 43.8 Å². The molecule has 0 saturated heterocycles. The average Bonchev–Trinajstić information content (AvgIpc) is 2.27. The van der Waals surface area contributed by atoms with Gasteiger partial charge in [-0.25, -0.2) is 12.7 Å². The van der Waals surface area contributed by atoms with Gasteiger partial charge in [0.2, 0.25) is 10.0 Å². The van der Waals surface area contributed by atoms with Crippen molar-refractivity contribution in [1.82, 2.24) is 4.31 Å². The van der Waals surface area contributed by atoms with Crippen molar-refractivity contribution in [1.29, 1.82) is 0 Å². The number of sulfonamides is 1. The van der Waals surface area contributed by atoms with E-state index in [0.29, 0.717) is 18.0 Å². The summed E-state index contributed by atoms with van der Waals surface area (Å²) in [7, 11) is -1.53. The molecule has 0 spiro atoms. The van der Waals surface area contributed by atoms with Gasteiger partial charge < -0.3 is 5.73 Å². The molecular formula is C10H20N2O2S2. The third-order valence-corrected chi connectivity index (χ3v) is 5.65. The van der Waals surface area contributed by atoms with Gasteiger partial charge in [0.25, 0.3) is 0 Å². The van der Waals surface area contributed by atoms with Crippen molar-refractivity contribution in [3.63, 3.8) is 0 Å². The molecule has 4 nitrogen and oxygen atoms in total. The van der Waals surface area contributed by atoms with E-state index in [4.69, 9.17) is 18.0 Å². The molecule has 1 fully saturated rings. The van der Waals surface area contributed by atoms with Crippen molar-refractivity contribution in [3.8, 4) is 0 Å². The first-order valence-electron chi connectivity index (χ1n) is 5.68. The van der Waals surface area contributed by atoms with E-state index in [1.807, 2.05) is 0 Å². The zero-order valence-electron chi connectivity index (χ0n) is 9.68. The maximum atomic E-state index is 12.1. The van der Waals surface area contributed by atoms with Crippen LogP contribution in [-0.2, 0) is 10.0 Å². The van der Waals surface area contributed by atoms with Gasteiger partial charge in [-0.2, -0.15) is 0 Å². The third-order valence-electron chi connectivity index (χ3n) is 3.08. The standard InChI is InChI=1S/C10H20N2O2S2/c1-12(8-7-10(11)15)16(13,14)9-5-3-2-4-6-9/h9H,2-8H2,1H3,(H2,11,15). The molecule has 1 rings (SSSR count). The van der Waals surface area contributed by atoms with E-state index in [2.05, 4.69) is 0 Å². The van der Waals surface area contributed by atoms with Crippen molar-refractivity contribution < 1.29 is 8.42 Å². The Labute approximate surface area is 103 Å². The topological polar surface area (TPSA) is 63.4 Å². The molecular weight excluding hydrogens is 244 g/mol. The maximum absolute atomic E-state index is 12.1. The lowest BCUT2D eigenvalue weighted by atomic mass is 10.0. The molecule has 1 aliphatic carbocycles. The highest BCUT2D eigenvalue weighted by Gasteiger charge is 2.30. The van der Waals surface area contributed by atoms with Crippen LogP contribution in [0, 0.1) is 0 Å². The Balaban J connectivity index is 2.57. The van der Waals surface area contributed by atoms with Gasteiger partial charge in [-0.1, -0.05) is 31.5 Å². The molecule has 0 bridgehead atoms. The van der Waals surface area contributed by atoms with Crippen LogP contribution in [0.1, 0.15) is 38.5 Å². The highest BCUT2D eigenvalue weighted by molar-refractivity contribution is 7.89.